The Morgan fingerprint density at radius 2 is 1.78 bits per heavy atom. The third kappa shape index (κ3) is 3.80. The molecule has 0 aliphatic heterocycles. The second kappa shape index (κ2) is 7.42. The zero-order chi connectivity index (χ0) is 16.9. The number of rotatable bonds is 6. The highest BCUT2D eigenvalue weighted by Gasteiger charge is 2.30. The van der Waals surface area contributed by atoms with E-state index in [1.165, 1.54) is 5.56 Å². The number of carbonyl (C=O) groups excluding carboxylic acids is 1. The minimum atomic E-state index is -0.503. The number of methoxy groups -OCH3 is 1. The monoisotopic (exact) mass is 311 g/mol. The molecule has 1 atom stereocenters. The highest BCUT2D eigenvalue weighted by Crippen LogP contribution is 2.28. The molecule has 2 aromatic rings. The quantitative estimate of drug-likeness (QED) is 0.876. The summed E-state index contributed by atoms with van der Waals surface area (Å²) in [6.45, 7) is 6.56. The van der Waals surface area contributed by atoms with Gasteiger partial charge in [0.15, 0.2) is 0 Å². The molecule has 0 saturated carbocycles. The number of benzene rings is 2. The zero-order valence-electron chi connectivity index (χ0n) is 14.3. The van der Waals surface area contributed by atoms with E-state index in [1.54, 1.807) is 7.11 Å². The van der Waals surface area contributed by atoms with Crippen LogP contribution in [0.25, 0.3) is 0 Å². The van der Waals surface area contributed by atoms with Gasteiger partial charge in [0.05, 0.1) is 6.54 Å². The van der Waals surface area contributed by atoms with Crippen molar-refractivity contribution < 1.29 is 9.53 Å². The molecule has 23 heavy (non-hydrogen) atoms. The van der Waals surface area contributed by atoms with Gasteiger partial charge in [0.2, 0.25) is 0 Å². The van der Waals surface area contributed by atoms with Crippen molar-refractivity contribution in [3.05, 3.63) is 70.8 Å². The molecule has 122 valence electrons. The van der Waals surface area contributed by atoms with Crippen LogP contribution in [0, 0.1) is 13.8 Å². The van der Waals surface area contributed by atoms with Crippen molar-refractivity contribution in [2.75, 3.05) is 13.7 Å². The van der Waals surface area contributed by atoms with Gasteiger partial charge in [-0.05, 0) is 49.1 Å². The molecule has 3 heteroatoms. The summed E-state index contributed by atoms with van der Waals surface area (Å²) in [5, 5.41) is 3.02. The SMILES string of the molecule is CCC(CNC(=O)c1ccc(C)c(C)c1)(OC)c1ccccc1. The summed E-state index contributed by atoms with van der Waals surface area (Å²) >= 11 is 0. The Kier molecular flexibility index (Phi) is 5.56. The molecular formula is C20H25NO2. The highest BCUT2D eigenvalue weighted by molar-refractivity contribution is 5.94. The lowest BCUT2D eigenvalue weighted by Gasteiger charge is -2.32. The number of carbonyl (C=O) groups is 1. The van der Waals surface area contributed by atoms with Crippen LogP contribution in [-0.2, 0) is 10.3 Å². The summed E-state index contributed by atoms with van der Waals surface area (Å²) in [5.41, 5.74) is 3.56. The minimum absolute atomic E-state index is 0.0705. The number of ether oxygens (including phenoxy) is 1. The second-order valence-corrected chi connectivity index (χ2v) is 5.90. The van der Waals surface area contributed by atoms with Crippen molar-refractivity contribution in [2.45, 2.75) is 32.8 Å². The van der Waals surface area contributed by atoms with Crippen molar-refractivity contribution in [3.8, 4) is 0 Å². The van der Waals surface area contributed by atoms with E-state index in [1.807, 2.05) is 62.4 Å². The topological polar surface area (TPSA) is 38.3 Å². The molecule has 0 heterocycles. The molecule has 3 nitrogen and oxygen atoms in total. The molecule has 2 rings (SSSR count). The zero-order valence-corrected chi connectivity index (χ0v) is 14.3. The molecule has 1 N–H and O–H groups in total. The van der Waals surface area contributed by atoms with Gasteiger partial charge in [-0.15, -0.1) is 0 Å². The maximum Gasteiger partial charge on any atom is 0.251 e. The van der Waals surface area contributed by atoms with Crippen LogP contribution in [0.4, 0.5) is 0 Å². The third-order valence-corrected chi connectivity index (χ3v) is 4.57. The Balaban J connectivity index is 2.15. The maximum atomic E-state index is 12.5. The van der Waals surface area contributed by atoms with E-state index in [2.05, 4.69) is 12.2 Å². The van der Waals surface area contributed by atoms with E-state index in [4.69, 9.17) is 4.74 Å². The molecule has 0 radical (unpaired) electrons. The Bertz CT molecular complexity index is 661. The van der Waals surface area contributed by atoms with Gasteiger partial charge in [-0.3, -0.25) is 4.79 Å². The Hall–Kier alpha value is -2.13. The number of amides is 1. The molecule has 0 spiro atoms. The summed E-state index contributed by atoms with van der Waals surface area (Å²) in [6.07, 6.45) is 0.778. The summed E-state index contributed by atoms with van der Waals surface area (Å²) in [4.78, 5) is 12.5. The van der Waals surface area contributed by atoms with Gasteiger partial charge in [0.1, 0.15) is 5.60 Å². The number of hydrogen-bond acceptors (Lipinski definition) is 2. The predicted octanol–water partition coefficient (Wildman–Crippen LogP) is 3.99. The van der Waals surface area contributed by atoms with Crippen LogP contribution < -0.4 is 5.32 Å². The van der Waals surface area contributed by atoms with Gasteiger partial charge in [-0.2, -0.15) is 0 Å². The molecular weight excluding hydrogens is 286 g/mol. The molecule has 0 saturated heterocycles. The van der Waals surface area contributed by atoms with E-state index >= 15 is 0 Å². The van der Waals surface area contributed by atoms with Gasteiger partial charge in [0.25, 0.3) is 5.91 Å². The molecule has 0 aliphatic carbocycles. The number of nitrogens with one attached hydrogen (secondary N) is 1. The van der Waals surface area contributed by atoms with Crippen molar-refractivity contribution in [3.63, 3.8) is 0 Å². The van der Waals surface area contributed by atoms with Gasteiger partial charge in [-0.25, -0.2) is 0 Å². The average molecular weight is 311 g/mol. The molecule has 0 bridgehead atoms. The first-order valence-corrected chi connectivity index (χ1v) is 7.98. The smallest absolute Gasteiger partial charge is 0.251 e. The maximum absolute atomic E-state index is 12.5. The fourth-order valence-electron chi connectivity index (χ4n) is 2.72. The van der Waals surface area contributed by atoms with Crippen LogP contribution in [0.5, 0.6) is 0 Å². The summed E-state index contributed by atoms with van der Waals surface area (Å²) in [6, 6.07) is 15.8. The van der Waals surface area contributed by atoms with Crippen molar-refractivity contribution in [1.29, 1.82) is 0 Å². The molecule has 0 aliphatic rings. The molecule has 0 fully saturated rings. The molecule has 1 amide bonds. The van der Waals surface area contributed by atoms with Crippen LogP contribution in [0.3, 0.4) is 0 Å². The van der Waals surface area contributed by atoms with Crippen LogP contribution in [-0.4, -0.2) is 19.6 Å². The minimum Gasteiger partial charge on any atom is -0.372 e. The molecule has 2 aromatic carbocycles. The van der Waals surface area contributed by atoms with Crippen LogP contribution >= 0.6 is 0 Å². The first-order valence-electron chi connectivity index (χ1n) is 7.98. The van der Waals surface area contributed by atoms with Crippen molar-refractivity contribution >= 4 is 5.91 Å². The summed E-state index contributed by atoms with van der Waals surface area (Å²) < 4.78 is 5.79. The standard InChI is InChI=1S/C20H25NO2/c1-5-20(23-4,18-9-7-6-8-10-18)14-21-19(22)17-12-11-15(2)16(3)13-17/h6-13H,5,14H2,1-4H3,(H,21,22). The highest BCUT2D eigenvalue weighted by atomic mass is 16.5. The van der Waals surface area contributed by atoms with Crippen molar-refractivity contribution in [2.24, 2.45) is 0 Å². The lowest BCUT2D eigenvalue weighted by Crippen LogP contribution is -2.42. The predicted molar refractivity (Wildman–Crippen MR) is 93.7 cm³/mol. The average Bonchev–Trinajstić information content (AvgIpc) is 2.59. The third-order valence-electron chi connectivity index (χ3n) is 4.57. The van der Waals surface area contributed by atoms with Gasteiger partial charge >= 0.3 is 0 Å². The number of hydrogen-bond donors (Lipinski definition) is 1. The first-order chi connectivity index (χ1) is 11.0. The fourth-order valence-corrected chi connectivity index (χ4v) is 2.72. The first kappa shape index (κ1) is 17.2. The Morgan fingerprint density at radius 3 is 2.35 bits per heavy atom. The van der Waals surface area contributed by atoms with Crippen molar-refractivity contribution in [1.82, 2.24) is 5.32 Å². The van der Waals surface area contributed by atoms with E-state index < -0.39 is 5.60 Å². The van der Waals surface area contributed by atoms with Crippen LogP contribution in [0.2, 0.25) is 0 Å². The lowest BCUT2D eigenvalue weighted by atomic mass is 9.90. The van der Waals surface area contributed by atoms with Gasteiger partial charge in [-0.1, -0.05) is 43.3 Å². The Labute approximate surface area is 138 Å². The molecule has 0 aromatic heterocycles. The van der Waals surface area contributed by atoms with Gasteiger partial charge < -0.3 is 10.1 Å². The number of aryl methyl sites for hydroxylation is 2. The van der Waals surface area contributed by atoms with E-state index in [-0.39, 0.29) is 5.91 Å². The van der Waals surface area contributed by atoms with E-state index in [9.17, 15) is 4.79 Å². The fraction of sp³-hybridized carbons (Fsp3) is 0.350. The van der Waals surface area contributed by atoms with Gasteiger partial charge in [0, 0.05) is 12.7 Å². The summed E-state index contributed by atoms with van der Waals surface area (Å²) in [5.74, 6) is -0.0705. The largest absolute Gasteiger partial charge is 0.372 e. The summed E-state index contributed by atoms with van der Waals surface area (Å²) in [7, 11) is 1.69. The normalized spacial score (nSPS) is 13.4. The van der Waals surface area contributed by atoms with E-state index in [0.717, 1.165) is 17.5 Å². The Morgan fingerprint density at radius 1 is 1.09 bits per heavy atom. The molecule has 1 unspecified atom stereocenters. The van der Waals surface area contributed by atoms with Crippen LogP contribution in [0.15, 0.2) is 48.5 Å². The second-order valence-electron chi connectivity index (χ2n) is 5.90. The lowest BCUT2D eigenvalue weighted by molar-refractivity contribution is -0.0164. The van der Waals surface area contributed by atoms with E-state index in [0.29, 0.717) is 12.1 Å². The van der Waals surface area contributed by atoms with Crippen LogP contribution in [0.1, 0.15) is 40.4 Å².